The van der Waals surface area contributed by atoms with E-state index < -0.39 is 0 Å². The Labute approximate surface area is 156 Å². The third kappa shape index (κ3) is 3.84. The van der Waals surface area contributed by atoms with Crippen molar-refractivity contribution < 1.29 is 9.59 Å². The van der Waals surface area contributed by atoms with Gasteiger partial charge in [-0.3, -0.25) is 9.59 Å². The van der Waals surface area contributed by atoms with Crippen LogP contribution in [0.15, 0.2) is 0 Å². The first-order valence-corrected chi connectivity index (χ1v) is 10.7. The summed E-state index contributed by atoms with van der Waals surface area (Å²) < 4.78 is 0. The quantitative estimate of drug-likeness (QED) is 0.759. The molecule has 0 aromatic rings. The highest BCUT2D eigenvalue weighted by Gasteiger charge is 2.51. The molecule has 0 radical (unpaired) electrons. The van der Waals surface area contributed by atoms with Crippen LogP contribution in [0.3, 0.4) is 0 Å². The number of alkyl halides is 1. The van der Waals surface area contributed by atoms with Crippen LogP contribution in [0.2, 0.25) is 0 Å². The summed E-state index contributed by atoms with van der Waals surface area (Å²) in [6.07, 6.45) is 11.1. The Hall–Kier alpha value is -0.770. The van der Waals surface area contributed by atoms with Gasteiger partial charge in [-0.15, -0.1) is 11.6 Å². The first-order chi connectivity index (χ1) is 12.0. The van der Waals surface area contributed by atoms with E-state index in [2.05, 4.69) is 5.32 Å². The fraction of sp³-hybridized carbons (Fsp3) is 0.900. The van der Waals surface area contributed by atoms with E-state index in [1.807, 2.05) is 4.90 Å². The van der Waals surface area contributed by atoms with E-state index in [1.165, 1.54) is 38.5 Å². The molecule has 5 rings (SSSR count). The van der Waals surface area contributed by atoms with Crippen LogP contribution in [-0.2, 0) is 9.59 Å². The molecule has 0 spiro atoms. The minimum atomic E-state index is 0.147. The van der Waals surface area contributed by atoms with E-state index in [1.54, 1.807) is 0 Å². The van der Waals surface area contributed by atoms with E-state index in [9.17, 15) is 9.59 Å². The Bertz CT molecular complexity index is 493. The number of likely N-dealkylation sites (tertiary alicyclic amines) is 1. The van der Waals surface area contributed by atoms with Crippen LogP contribution >= 0.6 is 11.6 Å². The Kier molecular flexibility index (Phi) is 5.00. The smallest absolute Gasteiger partial charge is 0.223 e. The average Bonchev–Trinajstić information content (AvgIpc) is 2.53. The topological polar surface area (TPSA) is 49.4 Å². The minimum Gasteiger partial charge on any atom is -0.353 e. The van der Waals surface area contributed by atoms with Crippen LogP contribution in [0, 0.1) is 23.2 Å². The van der Waals surface area contributed by atoms with Crippen molar-refractivity contribution >= 4 is 23.4 Å². The molecule has 5 heteroatoms. The van der Waals surface area contributed by atoms with Crippen molar-refractivity contribution in [2.45, 2.75) is 70.3 Å². The summed E-state index contributed by atoms with van der Waals surface area (Å²) >= 11 is 5.66. The summed E-state index contributed by atoms with van der Waals surface area (Å²) in [7, 11) is 0. The maximum Gasteiger partial charge on any atom is 0.223 e. The lowest BCUT2D eigenvalue weighted by atomic mass is 9.49. The molecule has 0 atom stereocenters. The van der Waals surface area contributed by atoms with E-state index in [0.29, 0.717) is 17.7 Å². The fourth-order valence-electron chi connectivity index (χ4n) is 6.64. The predicted molar refractivity (Wildman–Crippen MR) is 98.3 cm³/mol. The lowest BCUT2D eigenvalue weighted by molar-refractivity contribution is -0.132. The van der Waals surface area contributed by atoms with Gasteiger partial charge in [0.25, 0.3) is 0 Å². The molecule has 5 aliphatic rings. The average molecular weight is 367 g/mol. The van der Waals surface area contributed by atoms with Gasteiger partial charge in [0.15, 0.2) is 0 Å². The predicted octanol–water partition coefficient (Wildman–Crippen LogP) is 3.33. The molecule has 2 amide bonds. The van der Waals surface area contributed by atoms with E-state index in [-0.39, 0.29) is 17.9 Å². The lowest BCUT2D eigenvalue weighted by Gasteiger charge is -2.56. The number of nitrogens with zero attached hydrogens (tertiary/aromatic N) is 1. The number of halogens is 1. The van der Waals surface area contributed by atoms with Crippen LogP contribution in [0.5, 0.6) is 0 Å². The van der Waals surface area contributed by atoms with Gasteiger partial charge < -0.3 is 10.2 Å². The Morgan fingerprint density at radius 1 is 1.00 bits per heavy atom. The monoisotopic (exact) mass is 366 g/mol. The van der Waals surface area contributed by atoms with Crippen molar-refractivity contribution in [1.29, 1.82) is 0 Å². The molecule has 1 saturated heterocycles. The normalized spacial score (nSPS) is 37.3. The second-order valence-electron chi connectivity index (χ2n) is 9.26. The SMILES string of the molecule is O=C(CC12CC3CC(CC(C3)C1)C2)NC1CCN(C(=O)CCCl)CC1. The molecule has 4 aliphatic carbocycles. The maximum atomic E-state index is 12.7. The molecule has 4 nitrogen and oxygen atoms in total. The number of carbonyl (C=O) groups excluding carboxylic acids is 2. The number of hydrogen-bond donors (Lipinski definition) is 1. The van der Waals surface area contributed by atoms with Crippen LogP contribution < -0.4 is 5.32 Å². The van der Waals surface area contributed by atoms with Crippen LogP contribution in [0.1, 0.15) is 64.2 Å². The number of carbonyl (C=O) groups is 2. The first kappa shape index (κ1) is 17.6. The highest BCUT2D eigenvalue weighted by atomic mass is 35.5. The van der Waals surface area contributed by atoms with Crippen molar-refractivity contribution in [3.8, 4) is 0 Å². The van der Waals surface area contributed by atoms with Gasteiger partial charge in [-0.05, 0) is 74.5 Å². The van der Waals surface area contributed by atoms with Crippen molar-refractivity contribution in [1.82, 2.24) is 10.2 Å². The van der Waals surface area contributed by atoms with E-state index in [4.69, 9.17) is 11.6 Å². The largest absolute Gasteiger partial charge is 0.353 e. The Morgan fingerprint density at radius 2 is 1.56 bits per heavy atom. The summed E-state index contributed by atoms with van der Waals surface area (Å²) in [6, 6.07) is 0.237. The molecule has 140 valence electrons. The number of hydrogen-bond acceptors (Lipinski definition) is 2. The van der Waals surface area contributed by atoms with Gasteiger partial charge in [0, 0.05) is 37.9 Å². The number of rotatable bonds is 5. The van der Waals surface area contributed by atoms with Crippen LogP contribution in [-0.4, -0.2) is 41.7 Å². The van der Waals surface area contributed by atoms with Crippen molar-refractivity contribution in [2.24, 2.45) is 23.2 Å². The molecule has 1 aliphatic heterocycles. The fourth-order valence-corrected chi connectivity index (χ4v) is 6.80. The molecule has 5 fully saturated rings. The van der Waals surface area contributed by atoms with Gasteiger partial charge in [0.2, 0.25) is 11.8 Å². The minimum absolute atomic E-state index is 0.147. The summed E-state index contributed by atoms with van der Waals surface area (Å²) in [5.41, 5.74) is 0.315. The van der Waals surface area contributed by atoms with Gasteiger partial charge in [-0.2, -0.15) is 0 Å². The molecular weight excluding hydrogens is 336 g/mol. The van der Waals surface area contributed by atoms with Crippen LogP contribution in [0.25, 0.3) is 0 Å². The number of amides is 2. The number of piperidine rings is 1. The van der Waals surface area contributed by atoms with Gasteiger partial charge >= 0.3 is 0 Å². The summed E-state index contributed by atoms with van der Waals surface area (Å²) in [6.45, 7) is 1.50. The molecule has 1 heterocycles. The van der Waals surface area contributed by atoms with Crippen molar-refractivity contribution in [2.75, 3.05) is 19.0 Å². The van der Waals surface area contributed by atoms with Gasteiger partial charge in [-0.1, -0.05) is 0 Å². The summed E-state index contributed by atoms with van der Waals surface area (Å²) in [4.78, 5) is 26.5. The molecule has 4 saturated carbocycles. The van der Waals surface area contributed by atoms with Gasteiger partial charge in [0.1, 0.15) is 0 Å². The zero-order valence-electron chi connectivity index (χ0n) is 15.1. The third-order valence-corrected chi connectivity index (χ3v) is 7.41. The van der Waals surface area contributed by atoms with Crippen molar-refractivity contribution in [3.05, 3.63) is 0 Å². The second kappa shape index (κ2) is 7.09. The molecule has 0 aromatic carbocycles. The summed E-state index contributed by atoms with van der Waals surface area (Å²) in [5, 5.41) is 3.28. The maximum absolute atomic E-state index is 12.7. The first-order valence-electron chi connectivity index (χ1n) is 10.2. The van der Waals surface area contributed by atoms with Crippen molar-refractivity contribution in [3.63, 3.8) is 0 Å². The Morgan fingerprint density at radius 3 is 2.08 bits per heavy atom. The third-order valence-electron chi connectivity index (χ3n) is 7.22. The lowest BCUT2D eigenvalue weighted by Crippen LogP contribution is -2.50. The molecular formula is C20H31ClN2O2. The molecule has 4 bridgehead atoms. The zero-order chi connectivity index (χ0) is 17.4. The Balaban J connectivity index is 1.26. The van der Waals surface area contributed by atoms with Crippen LogP contribution in [0.4, 0.5) is 0 Å². The van der Waals surface area contributed by atoms with E-state index >= 15 is 0 Å². The van der Waals surface area contributed by atoms with E-state index in [0.717, 1.165) is 50.1 Å². The summed E-state index contributed by atoms with van der Waals surface area (Å²) in [5.74, 6) is 3.49. The standard InChI is InChI=1S/C20H31ClN2O2/c21-4-1-19(25)23-5-2-17(3-6-23)22-18(24)13-20-10-14-7-15(11-20)9-16(8-14)12-20/h14-17H,1-13H2,(H,22,24). The molecule has 1 N–H and O–H groups in total. The molecule has 0 unspecified atom stereocenters. The second-order valence-corrected chi connectivity index (χ2v) is 9.63. The number of nitrogens with one attached hydrogen (secondary N) is 1. The highest BCUT2D eigenvalue weighted by molar-refractivity contribution is 6.18. The zero-order valence-corrected chi connectivity index (χ0v) is 15.9. The highest BCUT2D eigenvalue weighted by Crippen LogP contribution is 2.61. The molecule has 0 aromatic heterocycles. The van der Waals surface area contributed by atoms with Gasteiger partial charge in [0.05, 0.1) is 0 Å². The molecule has 25 heavy (non-hydrogen) atoms. The van der Waals surface area contributed by atoms with Gasteiger partial charge in [-0.25, -0.2) is 0 Å².